The minimum absolute atomic E-state index is 0.503. The molecule has 0 saturated carbocycles. The molecule has 7 nitrogen and oxygen atoms in total. The first-order valence-corrected chi connectivity index (χ1v) is 9.72. The van der Waals surface area contributed by atoms with Gasteiger partial charge < -0.3 is 15.5 Å². The molecule has 2 aromatic rings. The molecule has 2 N–H and O–H groups in total. The van der Waals surface area contributed by atoms with Gasteiger partial charge in [-0.2, -0.15) is 0 Å². The van der Waals surface area contributed by atoms with E-state index in [1.165, 1.54) is 25.9 Å². The minimum atomic E-state index is 0.503. The minimum Gasteiger partial charge on any atom is -0.357 e. The quantitative estimate of drug-likeness (QED) is 0.610. The molecule has 0 bridgehead atoms. The molecule has 3 rings (SSSR count). The van der Waals surface area contributed by atoms with Gasteiger partial charge in [0, 0.05) is 31.9 Å². The van der Waals surface area contributed by atoms with Gasteiger partial charge in [-0.25, -0.2) is 4.99 Å². The fraction of sp³-hybridized carbons (Fsp3) is 0.632. The van der Waals surface area contributed by atoms with E-state index in [-0.39, 0.29) is 0 Å². The first kappa shape index (κ1) is 18.6. The van der Waals surface area contributed by atoms with Crippen LogP contribution < -0.4 is 10.6 Å². The van der Waals surface area contributed by atoms with Gasteiger partial charge in [-0.1, -0.05) is 6.07 Å². The highest BCUT2D eigenvalue weighted by Crippen LogP contribution is 2.17. The number of fused-ring (bicyclic) bond motifs is 1. The molecule has 0 amide bonds. The van der Waals surface area contributed by atoms with Gasteiger partial charge in [0.2, 0.25) is 0 Å². The molecule has 0 spiro atoms. The Bertz CT molecular complexity index is 722. The topological polar surface area (TPSA) is 69.8 Å². The zero-order chi connectivity index (χ0) is 18.4. The summed E-state index contributed by atoms with van der Waals surface area (Å²) in [5, 5.41) is 15.3. The maximum absolute atomic E-state index is 4.70. The van der Waals surface area contributed by atoms with Gasteiger partial charge in [0.05, 0.1) is 0 Å². The van der Waals surface area contributed by atoms with E-state index in [9.17, 15) is 0 Å². The van der Waals surface area contributed by atoms with E-state index in [1.807, 2.05) is 28.8 Å². The Hall–Kier alpha value is -2.15. The average Bonchev–Trinajstić information content (AvgIpc) is 3.07. The lowest BCUT2D eigenvalue weighted by Crippen LogP contribution is -2.46. The third-order valence-corrected chi connectivity index (χ3v) is 4.95. The second kappa shape index (κ2) is 8.98. The van der Waals surface area contributed by atoms with Crippen LogP contribution in [0, 0.1) is 5.92 Å². The summed E-state index contributed by atoms with van der Waals surface area (Å²) >= 11 is 0. The van der Waals surface area contributed by atoms with Gasteiger partial charge in [-0.3, -0.25) is 4.40 Å². The lowest BCUT2D eigenvalue weighted by atomic mass is 9.97. The van der Waals surface area contributed by atoms with E-state index in [0.29, 0.717) is 18.5 Å². The van der Waals surface area contributed by atoms with Crippen LogP contribution in [-0.4, -0.2) is 57.7 Å². The van der Waals surface area contributed by atoms with Gasteiger partial charge in [0.25, 0.3) is 0 Å². The largest absolute Gasteiger partial charge is 0.357 e. The Balaban J connectivity index is 1.59. The molecule has 1 aliphatic rings. The molecular formula is C19H31N7. The van der Waals surface area contributed by atoms with Crippen LogP contribution in [0.4, 0.5) is 0 Å². The Kier molecular flexibility index (Phi) is 6.44. The molecule has 0 radical (unpaired) electrons. The average molecular weight is 358 g/mol. The van der Waals surface area contributed by atoms with Crippen molar-refractivity contribution in [1.29, 1.82) is 0 Å². The van der Waals surface area contributed by atoms with Gasteiger partial charge in [-0.05, 0) is 58.2 Å². The molecule has 1 atom stereocenters. The number of likely N-dealkylation sites (tertiary alicyclic amines) is 1. The molecule has 3 heterocycles. The lowest BCUT2D eigenvalue weighted by Gasteiger charge is -2.35. The van der Waals surface area contributed by atoms with Crippen molar-refractivity contribution < 1.29 is 0 Å². The van der Waals surface area contributed by atoms with Gasteiger partial charge >= 0.3 is 0 Å². The van der Waals surface area contributed by atoms with Crippen LogP contribution in [0.2, 0.25) is 0 Å². The van der Waals surface area contributed by atoms with Crippen LogP contribution >= 0.6 is 0 Å². The molecule has 1 aliphatic heterocycles. The smallest absolute Gasteiger partial charge is 0.191 e. The number of aliphatic imine (C=N–C) groups is 1. The summed E-state index contributed by atoms with van der Waals surface area (Å²) in [6.45, 7) is 11.3. The summed E-state index contributed by atoms with van der Waals surface area (Å²) in [6, 6.07) is 6.53. The van der Waals surface area contributed by atoms with Crippen LogP contribution in [0.1, 0.15) is 39.4 Å². The molecule has 0 aliphatic carbocycles. The van der Waals surface area contributed by atoms with E-state index < -0.39 is 0 Å². The van der Waals surface area contributed by atoms with Crippen LogP contribution in [0.15, 0.2) is 29.4 Å². The lowest BCUT2D eigenvalue weighted by molar-refractivity contribution is 0.141. The maximum Gasteiger partial charge on any atom is 0.191 e. The van der Waals surface area contributed by atoms with Crippen LogP contribution in [0.3, 0.4) is 0 Å². The van der Waals surface area contributed by atoms with Crippen molar-refractivity contribution in [2.45, 2.75) is 46.2 Å². The predicted molar refractivity (Wildman–Crippen MR) is 105 cm³/mol. The summed E-state index contributed by atoms with van der Waals surface area (Å²) in [5.41, 5.74) is 0.853. The third kappa shape index (κ3) is 4.72. The Morgan fingerprint density at radius 1 is 1.31 bits per heavy atom. The van der Waals surface area contributed by atoms with Crippen molar-refractivity contribution in [2.75, 3.05) is 26.2 Å². The number of hydrogen-bond donors (Lipinski definition) is 2. The number of guanidine groups is 1. The van der Waals surface area contributed by atoms with Crippen LogP contribution in [0.25, 0.3) is 5.65 Å². The normalized spacial score (nSPS) is 19.2. The summed E-state index contributed by atoms with van der Waals surface area (Å²) in [6.07, 6.45) is 4.54. The summed E-state index contributed by atoms with van der Waals surface area (Å²) < 4.78 is 1.98. The molecule has 26 heavy (non-hydrogen) atoms. The first-order valence-electron chi connectivity index (χ1n) is 9.72. The third-order valence-electron chi connectivity index (χ3n) is 4.95. The zero-order valence-electron chi connectivity index (χ0n) is 16.1. The van der Waals surface area contributed by atoms with Crippen molar-refractivity contribution in [3.05, 3.63) is 30.2 Å². The highest BCUT2D eigenvalue weighted by molar-refractivity contribution is 5.79. The van der Waals surface area contributed by atoms with Gasteiger partial charge in [-0.15, -0.1) is 10.2 Å². The number of nitrogens with one attached hydrogen (secondary N) is 2. The second-order valence-corrected chi connectivity index (χ2v) is 7.22. The molecule has 7 heteroatoms. The van der Waals surface area contributed by atoms with Crippen molar-refractivity contribution in [3.8, 4) is 0 Å². The Morgan fingerprint density at radius 2 is 2.19 bits per heavy atom. The monoisotopic (exact) mass is 357 g/mol. The van der Waals surface area contributed by atoms with E-state index >= 15 is 0 Å². The number of nitrogens with zero attached hydrogens (tertiary/aromatic N) is 5. The van der Waals surface area contributed by atoms with Crippen molar-refractivity contribution in [2.24, 2.45) is 10.9 Å². The summed E-state index contributed by atoms with van der Waals surface area (Å²) in [4.78, 5) is 7.27. The molecule has 2 aromatic heterocycles. The summed E-state index contributed by atoms with van der Waals surface area (Å²) in [7, 11) is 0. The number of aromatic nitrogens is 3. The molecular weight excluding hydrogens is 326 g/mol. The highest BCUT2D eigenvalue weighted by atomic mass is 15.3. The SMILES string of the molecule is CCNC(=NCc1nnc2ccccn12)NCC1CCCN(C(C)C)C1. The molecule has 142 valence electrons. The molecule has 1 fully saturated rings. The fourth-order valence-electron chi connectivity index (χ4n) is 3.46. The zero-order valence-corrected chi connectivity index (χ0v) is 16.1. The standard InChI is InChI=1S/C19H31N7/c1-4-20-19(21-12-16-8-7-10-25(14-16)15(2)3)22-13-18-24-23-17-9-5-6-11-26(17)18/h5-6,9,11,15-16H,4,7-8,10,12-14H2,1-3H3,(H2,20,21,22). The maximum atomic E-state index is 4.70. The van der Waals surface area contributed by atoms with E-state index in [0.717, 1.165) is 30.5 Å². The van der Waals surface area contributed by atoms with Crippen LogP contribution in [-0.2, 0) is 6.54 Å². The number of rotatable bonds is 6. The first-order chi connectivity index (χ1) is 12.7. The predicted octanol–water partition coefficient (Wildman–Crippen LogP) is 1.90. The Labute approximate surface area is 155 Å². The number of hydrogen-bond acceptors (Lipinski definition) is 4. The number of piperidine rings is 1. The molecule has 1 unspecified atom stereocenters. The Morgan fingerprint density at radius 3 is 3.00 bits per heavy atom. The second-order valence-electron chi connectivity index (χ2n) is 7.22. The van der Waals surface area contributed by atoms with E-state index in [2.05, 4.69) is 46.5 Å². The fourth-order valence-corrected chi connectivity index (χ4v) is 3.46. The summed E-state index contributed by atoms with van der Waals surface area (Å²) in [5.74, 6) is 2.37. The molecule has 1 saturated heterocycles. The van der Waals surface area contributed by atoms with Crippen molar-refractivity contribution >= 4 is 11.6 Å². The number of pyridine rings is 1. The van der Waals surface area contributed by atoms with Gasteiger partial charge in [0.15, 0.2) is 17.4 Å². The highest BCUT2D eigenvalue weighted by Gasteiger charge is 2.21. The van der Waals surface area contributed by atoms with E-state index in [1.54, 1.807) is 0 Å². The van der Waals surface area contributed by atoms with Crippen molar-refractivity contribution in [3.63, 3.8) is 0 Å². The van der Waals surface area contributed by atoms with Crippen molar-refractivity contribution in [1.82, 2.24) is 30.1 Å². The molecule has 0 aromatic carbocycles. The van der Waals surface area contributed by atoms with Gasteiger partial charge in [0.1, 0.15) is 6.54 Å². The van der Waals surface area contributed by atoms with E-state index in [4.69, 9.17) is 4.99 Å². The van der Waals surface area contributed by atoms with Crippen LogP contribution in [0.5, 0.6) is 0 Å².